The predicted octanol–water partition coefficient (Wildman–Crippen LogP) is 6.53. The van der Waals surface area contributed by atoms with E-state index in [2.05, 4.69) is 4.72 Å². The summed E-state index contributed by atoms with van der Waals surface area (Å²) in [5.41, 5.74) is 2.50. The molecule has 1 N–H and O–H groups in total. The van der Waals surface area contributed by atoms with Gasteiger partial charge in [-0.15, -0.1) is 0 Å². The van der Waals surface area contributed by atoms with Crippen LogP contribution in [-0.4, -0.2) is 20.9 Å². The van der Waals surface area contributed by atoms with E-state index < -0.39 is 10.0 Å². The molecule has 4 aromatic rings. The molecule has 0 spiro atoms. The second kappa shape index (κ2) is 10.0. The molecule has 1 heterocycles. The van der Waals surface area contributed by atoms with Crippen LogP contribution in [0.25, 0.3) is 0 Å². The van der Waals surface area contributed by atoms with E-state index in [0.717, 1.165) is 17.7 Å². The second-order valence-electron chi connectivity index (χ2n) is 8.40. The van der Waals surface area contributed by atoms with E-state index in [1.54, 1.807) is 65.6 Å². The molecule has 0 fully saturated rings. The topological polar surface area (TPSA) is 75.7 Å². The van der Waals surface area contributed by atoms with Crippen LogP contribution in [0.3, 0.4) is 0 Å². The molecular formula is C28H23ClN2O4S. The number of ether oxygens (including phenoxy) is 1. The van der Waals surface area contributed by atoms with E-state index in [-0.39, 0.29) is 10.8 Å². The highest BCUT2D eigenvalue weighted by Crippen LogP contribution is 2.32. The zero-order chi connectivity index (χ0) is 25.1. The number of nitrogens with one attached hydrogen (secondary N) is 1. The van der Waals surface area contributed by atoms with Crippen LogP contribution < -0.4 is 14.4 Å². The van der Waals surface area contributed by atoms with Crippen molar-refractivity contribution < 1.29 is 17.9 Å². The van der Waals surface area contributed by atoms with Crippen LogP contribution in [0.1, 0.15) is 22.3 Å². The summed E-state index contributed by atoms with van der Waals surface area (Å²) in [5, 5.41) is 0.561. The molecule has 0 unspecified atom stereocenters. The summed E-state index contributed by atoms with van der Waals surface area (Å²) in [6.45, 7) is 0.566. The van der Waals surface area contributed by atoms with Crippen LogP contribution in [0.5, 0.6) is 11.5 Å². The number of benzene rings is 4. The Labute approximate surface area is 215 Å². The van der Waals surface area contributed by atoms with Gasteiger partial charge in [0.05, 0.1) is 4.90 Å². The summed E-state index contributed by atoms with van der Waals surface area (Å²) in [7, 11) is -3.82. The third-order valence-corrected chi connectivity index (χ3v) is 7.53. The molecule has 36 heavy (non-hydrogen) atoms. The van der Waals surface area contributed by atoms with E-state index in [9.17, 15) is 13.2 Å². The molecule has 1 aliphatic heterocycles. The van der Waals surface area contributed by atoms with Crippen molar-refractivity contribution in [2.24, 2.45) is 0 Å². The molecule has 182 valence electrons. The standard InChI is InChI=1S/C28H23ClN2O4S/c29-22-10-8-20(9-11-22)28(32)31-18-4-5-21-19-26(16-17-27(21)31)36(33,34)30-23-12-14-25(15-13-23)35-24-6-2-1-3-7-24/h1-3,6-17,19,30H,4-5,18H2. The number of aryl methyl sites for hydroxylation is 1. The molecule has 8 heteroatoms. The number of amides is 1. The molecule has 0 saturated carbocycles. The van der Waals surface area contributed by atoms with Crippen molar-refractivity contribution in [3.05, 3.63) is 113 Å². The molecule has 0 radical (unpaired) electrons. The monoisotopic (exact) mass is 518 g/mol. The molecule has 5 rings (SSSR count). The molecule has 6 nitrogen and oxygen atoms in total. The van der Waals surface area contributed by atoms with Crippen molar-refractivity contribution in [2.45, 2.75) is 17.7 Å². The number of para-hydroxylation sites is 1. The Kier molecular flexibility index (Phi) is 6.67. The van der Waals surface area contributed by atoms with Crippen LogP contribution in [0.2, 0.25) is 5.02 Å². The highest BCUT2D eigenvalue weighted by molar-refractivity contribution is 7.92. The zero-order valence-electron chi connectivity index (χ0n) is 19.2. The summed E-state index contributed by atoms with van der Waals surface area (Å²) in [6, 6.07) is 27.7. The van der Waals surface area contributed by atoms with Gasteiger partial charge in [0.2, 0.25) is 0 Å². The highest BCUT2D eigenvalue weighted by Gasteiger charge is 2.25. The van der Waals surface area contributed by atoms with Crippen molar-refractivity contribution in [3.63, 3.8) is 0 Å². The van der Waals surface area contributed by atoms with Gasteiger partial charge in [-0.1, -0.05) is 29.8 Å². The Morgan fingerprint density at radius 3 is 2.28 bits per heavy atom. The lowest BCUT2D eigenvalue weighted by molar-refractivity contribution is 0.0985. The lowest BCUT2D eigenvalue weighted by Gasteiger charge is -2.30. The zero-order valence-corrected chi connectivity index (χ0v) is 20.8. The number of nitrogens with zero attached hydrogens (tertiary/aromatic N) is 1. The summed E-state index contributed by atoms with van der Waals surface area (Å²) in [6.07, 6.45) is 1.43. The number of rotatable bonds is 6. The van der Waals surface area contributed by atoms with E-state index >= 15 is 0 Å². The number of hydrogen-bond acceptors (Lipinski definition) is 4. The minimum Gasteiger partial charge on any atom is -0.457 e. The Hall–Kier alpha value is -3.81. The number of carbonyl (C=O) groups excluding carboxylic acids is 1. The molecule has 0 bridgehead atoms. The Morgan fingerprint density at radius 2 is 1.56 bits per heavy atom. The minimum absolute atomic E-state index is 0.140. The predicted molar refractivity (Wildman–Crippen MR) is 142 cm³/mol. The maximum Gasteiger partial charge on any atom is 0.261 e. The van der Waals surface area contributed by atoms with Crippen LogP contribution in [0, 0.1) is 0 Å². The van der Waals surface area contributed by atoms with Gasteiger partial charge < -0.3 is 9.64 Å². The fraction of sp³-hybridized carbons (Fsp3) is 0.107. The van der Waals surface area contributed by atoms with Gasteiger partial charge in [0.15, 0.2) is 0 Å². The van der Waals surface area contributed by atoms with Gasteiger partial charge in [0.25, 0.3) is 15.9 Å². The molecule has 0 aliphatic carbocycles. The van der Waals surface area contributed by atoms with Gasteiger partial charge in [-0.3, -0.25) is 9.52 Å². The van der Waals surface area contributed by atoms with Crippen molar-refractivity contribution >= 4 is 38.9 Å². The summed E-state index contributed by atoms with van der Waals surface area (Å²) < 4.78 is 34.6. The minimum atomic E-state index is -3.82. The van der Waals surface area contributed by atoms with Gasteiger partial charge in [-0.2, -0.15) is 0 Å². The summed E-state index contributed by atoms with van der Waals surface area (Å²) in [4.78, 5) is 14.9. The number of carbonyl (C=O) groups is 1. The third kappa shape index (κ3) is 5.22. The molecule has 0 saturated heterocycles. The lowest BCUT2D eigenvalue weighted by Crippen LogP contribution is -2.35. The van der Waals surface area contributed by atoms with Gasteiger partial charge in [0, 0.05) is 28.5 Å². The fourth-order valence-electron chi connectivity index (χ4n) is 4.13. The largest absolute Gasteiger partial charge is 0.457 e. The van der Waals surface area contributed by atoms with Crippen molar-refractivity contribution in [1.29, 1.82) is 0 Å². The van der Waals surface area contributed by atoms with Crippen LogP contribution in [0.15, 0.2) is 102 Å². The Balaban J connectivity index is 1.33. The summed E-state index contributed by atoms with van der Waals surface area (Å²) in [5.74, 6) is 1.16. The number of sulfonamides is 1. The molecule has 1 amide bonds. The van der Waals surface area contributed by atoms with Crippen LogP contribution in [0.4, 0.5) is 11.4 Å². The van der Waals surface area contributed by atoms with Crippen molar-refractivity contribution in [1.82, 2.24) is 0 Å². The maximum absolute atomic E-state index is 13.1. The fourth-order valence-corrected chi connectivity index (χ4v) is 5.36. The van der Waals surface area contributed by atoms with Gasteiger partial charge >= 0.3 is 0 Å². The third-order valence-electron chi connectivity index (χ3n) is 5.90. The van der Waals surface area contributed by atoms with E-state index in [1.165, 1.54) is 6.07 Å². The van der Waals surface area contributed by atoms with Gasteiger partial charge in [-0.25, -0.2) is 8.42 Å². The first-order valence-electron chi connectivity index (χ1n) is 11.5. The van der Waals surface area contributed by atoms with Crippen LogP contribution >= 0.6 is 11.6 Å². The molecule has 0 atom stereocenters. The lowest BCUT2D eigenvalue weighted by atomic mass is 10.0. The smallest absolute Gasteiger partial charge is 0.261 e. The number of halogens is 1. The quantitative estimate of drug-likeness (QED) is 0.315. The first-order chi connectivity index (χ1) is 17.4. The second-order valence-corrected chi connectivity index (χ2v) is 10.5. The van der Waals surface area contributed by atoms with E-state index in [4.69, 9.17) is 16.3 Å². The Bertz CT molecular complexity index is 1490. The van der Waals surface area contributed by atoms with Crippen LogP contribution in [-0.2, 0) is 16.4 Å². The average molecular weight is 519 g/mol. The maximum atomic E-state index is 13.1. The SMILES string of the molecule is O=C(c1ccc(Cl)cc1)N1CCCc2cc(S(=O)(=O)Nc3ccc(Oc4ccccc4)cc3)ccc21. The van der Waals surface area contributed by atoms with E-state index in [0.29, 0.717) is 40.7 Å². The first-order valence-corrected chi connectivity index (χ1v) is 13.3. The average Bonchev–Trinajstić information content (AvgIpc) is 2.89. The van der Waals surface area contributed by atoms with E-state index in [1.807, 2.05) is 30.3 Å². The van der Waals surface area contributed by atoms with Crippen molar-refractivity contribution in [2.75, 3.05) is 16.2 Å². The number of anilines is 2. The highest BCUT2D eigenvalue weighted by atomic mass is 35.5. The molecule has 0 aromatic heterocycles. The first kappa shape index (κ1) is 23.9. The molecular weight excluding hydrogens is 496 g/mol. The normalized spacial score (nSPS) is 13.1. The van der Waals surface area contributed by atoms with Gasteiger partial charge in [-0.05, 0) is 97.3 Å². The van der Waals surface area contributed by atoms with Crippen molar-refractivity contribution in [3.8, 4) is 11.5 Å². The number of hydrogen-bond donors (Lipinski definition) is 1. The summed E-state index contributed by atoms with van der Waals surface area (Å²) >= 11 is 5.95. The number of fused-ring (bicyclic) bond motifs is 1. The van der Waals surface area contributed by atoms with Gasteiger partial charge in [0.1, 0.15) is 11.5 Å². The molecule has 4 aromatic carbocycles. The Morgan fingerprint density at radius 1 is 0.861 bits per heavy atom. The molecule has 1 aliphatic rings.